The number of alkyl halides is 6. The maximum Gasteiger partial charge on any atom is 0.435 e. The third-order valence-electron chi connectivity index (χ3n) is 5.94. The van der Waals surface area contributed by atoms with Crippen molar-refractivity contribution in [1.29, 1.82) is 0 Å². The van der Waals surface area contributed by atoms with Gasteiger partial charge in [0.2, 0.25) is 5.91 Å². The number of carbonyl (C=O) groups is 1. The molecule has 7 nitrogen and oxygen atoms in total. The summed E-state index contributed by atoms with van der Waals surface area (Å²) in [6, 6.07) is 0.544. The van der Waals surface area contributed by atoms with Gasteiger partial charge in [-0.05, 0) is 18.9 Å². The fraction of sp³-hybridized carbons (Fsp3) is 0.526. The molecule has 0 saturated carbocycles. The smallest absolute Gasteiger partial charge is 0.390 e. The van der Waals surface area contributed by atoms with E-state index in [2.05, 4.69) is 15.4 Å². The number of amides is 1. The van der Waals surface area contributed by atoms with Crippen LogP contribution in [0.25, 0.3) is 0 Å². The highest BCUT2D eigenvalue weighted by Crippen LogP contribution is 2.51. The van der Waals surface area contributed by atoms with Gasteiger partial charge in [0.25, 0.3) is 0 Å². The van der Waals surface area contributed by atoms with Crippen LogP contribution in [0.5, 0.6) is 0 Å². The predicted molar refractivity (Wildman–Crippen MR) is 101 cm³/mol. The fourth-order valence-corrected chi connectivity index (χ4v) is 4.69. The zero-order valence-corrected chi connectivity index (χ0v) is 17.6. The second-order valence-corrected chi connectivity index (χ2v) is 8.59. The number of aromatic nitrogens is 3. The van der Waals surface area contributed by atoms with Crippen LogP contribution in [0.1, 0.15) is 29.7 Å². The van der Waals surface area contributed by atoms with Crippen molar-refractivity contribution < 1.29 is 41.0 Å². The summed E-state index contributed by atoms with van der Waals surface area (Å²) in [4.78, 5) is 17.0. The van der Waals surface area contributed by atoms with Gasteiger partial charge < -0.3 is 15.2 Å². The van der Waals surface area contributed by atoms with E-state index in [0.717, 1.165) is 17.1 Å². The quantitative estimate of drug-likeness (QED) is 0.629. The van der Waals surface area contributed by atoms with Crippen molar-refractivity contribution in [2.24, 2.45) is 12.5 Å². The minimum absolute atomic E-state index is 0.0124. The van der Waals surface area contributed by atoms with Crippen LogP contribution in [0, 0.1) is 5.41 Å². The summed E-state index contributed by atoms with van der Waals surface area (Å²) in [5.41, 5.74) is -4.27. The van der Waals surface area contributed by atoms with Crippen molar-refractivity contribution in [2.75, 3.05) is 5.32 Å². The number of aliphatic hydroxyl groups excluding tert-OH is 1. The van der Waals surface area contributed by atoms with Crippen LogP contribution in [-0.4, -0.2) is 44.1 Å². The Labute approximate surface area is 187 Å². The molecule has 2 aromatic heterocycles. The molecule has 2 saturated heterocycles. The molecule has 2 aliphatic heterocycles. The number of fused-ring (bicyclic) bond motifs is 2. The maximum absolute atomic E-state index is 13.5. The van der Waals surface area contributed by atoms with Crippen LogP contribution in [0.3, 0.4) is 0 Å². The highest BCUT2D eigenvalue weighted by molar-refractivity contribution is 6.31. The molecule has 0 aliphatic carbocycles. The van der Waals surface area contributed by atoms with Crippen molar-refractivity contribution in [3.05, 3.63) is 40.3 Å². The number of nitrogens with zero attached hydrogens (tertiary/aromatic N) is 3. The Hall–Kier alpha value is -2.38. The Balaban J connectivity index is 1.69. The first-order chi connectivity index (χ1) is 15.2. The zero-order chi connectivity index (χ0) is 24.3. The average Bonchev–Trinajstić information content (AvgIpc) is 3.34. The summed E-state index contributed by atoms with van der Waals surface area (Å²) < 4.78 is 86.5. The summed E-state index contributed by atoms with van der Waals surface area (Å²) in [7, 11) is 1.29. The summed E-state index contributed by atoms with van der Waals surface area (Å²) >= 11 is 5.55. The number of aliphatic hydroxyl groups is 1. The Morgan fingerprint density at radius 1 is 1.33 bits per heavy atom. The Kier molecular flexibility index (Phi) is 5.65. The number of hydrogen-bond acceptors (Lipinski definition) is 5. The lowest BCUT2D eigenvalue weighted by molar-refractivity contribution is -0.143. The molecule has 4 atom stereocenters. The van der Waals surface area contributed by atoms with Gasteiger partial charge in [-0.3, -0.25) is 9.48 Å². The number of halogens is 7. The highest BCUT2D eigenvalue weighted by atomic mass is 35.5. The van der Waals surface area contributed by atoms with E-state index in [0.29, 0.717) is 6.07 Å². The van der Waals surface area contributed by atoms with Gasteiger partial charge in [-0.25, -0.2) is 4.98 Å². The Morgan fingerprint density at radius 3 is 2.58 bits per heavy atom. The first-order valence-corrected chi connectivity index (χ1v) is 10.1. The third kappa shape index (κ3) is 4.28. The number of ether oxygens (including phenoxy) is 1. The number of carbonyl (C=O) groups excluding carboxylic acids is 1. The molecule has 33 heavy (non-hydrogen) atoms. The molecular weight excluding hydrogens is 482 g/mol. The second kappa shape index (κ2) is 7.84. The van der Waals surface area contributed by atoms with Crippen LogP contribution in [0.2, 0.25) is 5.02 Å². The van der Waals surface area contributed by atoms with E-state index in [-0.39, 0.29) is 18.4 Å². The van der Waals surface area contributed by atoms with Crippen molar-refractivity contribution in [3.63, 3.8) is 0 Å². The average molecular weight is 499 g/mol. The lowest BCUT2D eigenvalue weighted by atomic mass is 9.68. The van der Waals surface area contributed by atoms with E-state index >= 15 is 0 Å². The van der Waals surface area contributed by atoms with Crippen molar-refractivity contribution >= 4 is 23.3 Å². The van der Waals surface area contributed by atoms with Crippen LogP contribution >= 0.6 is 11.6 Å². The van der Waals surface area contributed by atoms with Gasteiger partial charge in [0, 0.05) is 31.4 Å². The van der Waals surface area contributed by atoms with Gasteiger partial charge in [0.15, 0.2) is 5.69 Å². The molecule has 2 aromatic rings. The van der Waals surface area contributed by atoms with E-state index in [9.17, 15) is 36.2 Å². The standard InChI is InChI=1S/C19H17ClF6N4O3/c1-30-7-8(15(29-30)19(24,25)26)4-17(5-12-11(31)3-13(17)33-12)16(32)28-14-2-9(18(21,22)23)10(20)6-27-14/h2,6-7,11-13,31H,3-5H2,1H3,(H,27,28,32)/t11-,12+,13+,17-/m0/s1. The van der Waals surface area contributed by atoms with E-state index in [1.165, 1.54) is 7.05 Å². The summed E-state index contributed by atoms with van der Waals surface area (Å²) in [6.07, 6.45) is -11.0. The molecule has 4 heterocycles. The Morgan fingerprint density at radius 2 is 2.03 bits per heavy atom. The first kappa shape index (κ1) is 23.8. The molecular formula is C19H17ClF6N4O3. The van der Waals surface area contributed by atoms with E-state index in [1.54, 1.807) is 0 Å². The third-order valence-corrected chi connectivity index (χ3v) is 6.24. The summed E-state index contributed by atoms with van der Waals surface area (Å²) in [5.74, 6) is -1.34. The van der Waals surface area contributed by atoms with Gasteiger partial charge >= 0.3 is 12.4 Å². The van der Waals surface area contributed by atoms with E-state index < -0.39 is 70.5 Å². The van der Waals surface area contributed by atoms with Gasteiger partial charge in [0.1, 0.15) is 5.82 Å². The molecule has 0 unspecified atom stereocenters. The van der Waals surface area contributed by atoms with Crippen LogP contribution in [0.4, 0.5) is 32.2 Å². The fourth-order valence-electron chi connectivity index (χ4n) is 4.47. The zero-order valence-electron chi connectivity index (χ0n) is 16.8. The largest absolute Gasteiger partial charge is 0.435 e. The van der Waals surface area contributed by atoms with Crippen molar-refractivity contribution in [3.8, 4) is 0 Å². The maximum atomic E-state index is 13.5. The predicted octanol–water partition coefficient (Wildman–Crippen LogP) is 3.60. The van der Waals surface area contributed by atoms with Gasteiger partial charge in [-0.1, -0.05) is 11.6 Å². The molecule has 0 radical (unpaired) electrons. The first-order valence-electron chi connectivity index (χ1n) is 9.68. The molecule has 1 amide bonds. The Bertz CT molecular complexity index is 1090. The molecule has 2 fully saturated rings. The van der Waals surface area contributed by atoms with Gasteiger partial charge in [-0.15, -0.1) is 0 Å². The van der Waals surface area contributed by atoms with E-state index in [4.69, 9.17) is 16.3 Å². The van der Waals surface area contributed by atoms with Gasteiger partial charge in [0.05, 0.1) is 34.3 Å². The topological polar surface area (TPSA) is 89.3 Å². The van der Waals surface area contributed by atoms with Crippen LogP contribution in [0.15, 0.2) is 18.5 Å². The van der Waals surface area contributed by atoms with Crippen molar-refractivity contribution in [2.45, 2.75) is 49.9 Å². The SMILES string of the molecule is Cn1cc(C[C@]2(C(=O)Nc3cc(C(F)(F)F)c(Cl)cn3)C[C@H]3O[C@@H]2C[C@@H]3O)c(C(F)(F)F)n1. The molecule has 2 N–H and O–H groups in total. The molecule has 180 valence electrons. The lowest BCUT2D eigenvalue weighted by Gasteiger charge is -2.35. The van der Waals surface area contributed by atoms with Crippen LogP contribution in [-0.2, 0) is 35.4 Å². The van der Waals surface area contributed by atoms with E-state index in [1.807, 2.05) is 0 Å². The number of nitrogens with one attached hydrogen (secondary N) is 1. The summed E-state index contributed by atoms with van der Waals surface area (Å²) in [5, 5.41) is 15.1. The summed E-state index contributed by atoms with van der Waals surface area (Å²) in [6.45, 7) is 0. The molecule has 2 aliphatic rings. The highest BCUT2D eigenvalue weighted by Gasteiger charge is 2.61. The van der Waals surface area contributed by atoms with Crippen LogP contribution < -0.4 is 5.32 Å². The number of anilines is 1. The number of pyridine rings is 1. The lowest BCUT2D eigenvalue weighted by Crippen LogP contribution is -2.48. The van der Waals surface area contributed by atoms with Crippen molar-refractivity contribution in [1.82, 2.24) is 14.8 Å². The minimum atomic E-state index is -4.81. The minimum Gasteiger partial charge on any atom is -0.390 e. The normalized spacial score (nSPS) is 27.2. The molecule has 4 rings (SSSR count). The molecule has 0 aromatic carbocycles. The molecule has 0 spiro atoms. The number of rotatable bonds is 4. The molecule has 14 heteroatoms. The van der Waals surface area contributed by atoms with Gasteiger partial charge in [-0.2, -0.15) is 31.4 Å². The number of hydrogen-bond donors (Lipinski definition) is 2. The number of aryl methyl sites for hydroxylation is 1. The molecule has 2 bridgehead atoms. The monoisotopic (exact) mass is 498 g/mol. The second-order valence-electron chi connectivity index (χ2n) is 8.18.